The fraction of sp³-hybridized carbons (Fsp3) is 0.240. The number of aliphatic carboxylic acids is 1. The maximum absolute atomic E-state index is 13.1. The molecule has 0 unspecified atom stereocenters. The van der Waals surface area contributed by atoms with Crippen LogP contribution in [0.25, 0.3) is 21.9 Å². The van der Waals surface area contributed by atoms with Gasteiger partial charge in [0.15, 0.2) is 22.7 Å². The van der Waals surface area contributed by atoms with Gasteiger partial charge in [-0.3, -0.25) is 9.59 Å². The monoisotopic (exact) mass is 572 g/mol. The van der Waals surface area contributed by atoms with Gasteiger partial charge < -0.3 is 32.9 Å². The zero-order chi connectivity index (χ0) is 29.8. The molecular weight excluding hydrogens is 552 g/mol. The SMILES string of the molecule is COC(=O)Oc1cccc2c(=O)n(CCC[C@H](C(=O)O)n3c(=O)oc4c(OC(=O)OC)cccc4c3=O)c(=O)oc12. The Hall–Kier alpha value is -5.67. The van der Waals surface area contributed by atoms with E-state index < -0.39 is 52.5 Å². The minimum Gasteiger partial charge on any atom is -0.480 e. The average Bonchev–Trinajstić information content (AvgIpc) is 2.94. The summed E-state index contributed by atoms with van der Waals surface area (Å²) in [6.07, 6.45) is -2.82. The summed E-state index contributed by atoms with van der Waals surface area (Å²) in [5, 5.41) is 9.43. The van der Waals surface area contributed by atoms with E-state index in [2.05, 4.69) is 9.47 Å². The van der Waals surface area contributed by atoms with E-state index in [0.717, 1.165) is 14.2 Å². The van der Waals surface area contributed by atoms with Crippen molar-refractivity contribution in [3.63, 3.8) is 0 Å². The molecule has 214 valence electrons. The molecule has 2 aromatic carbocycles. The maximum Gasteiger partial charge on any atom is 0.513 e. The Morgan fingerprint density at radius 2 is 1.32 bits per heavy atom. The van der Waals surface area contributed by atoms with Crippen molar-refractivity contribution in [1.82, 2.24) is 9.13 Å². The molecule has 0 spiro atoms. The third-order valence-electron chi connectivity index (χ3n) is 5.85. The summed E-state index contributed by atoms with van der Waals surface area (Å²) in [6, 6.07) is 6.00. The number of carboxylic acids is 1. The highest BCUT2D eigenvalue weighted by molar-refractivity contribution is 5.84. The second kappa shape index (κ2) is 11.6. The highest BCUT2D eigenvalue weighted by Crippen LogP contribution is 2.24. The Morgan fingerprint density at radius 1 is 0.805 bits per heavy atom. The van der Waals surface area contributed by atoms with Crippen LogP contribution < -0.4 is 32.1 Å². The Kier molecular flexibility index (Phi) is 8.02. The molecule has 0 aliphatic carbocycles. The lowest BCUT2D eigenvalue weighted by atomic mass is 10.1. The molecular formula is C25H20N2O14. The largest absolute Gasteiger partial charge is 0.513 e. The van der Waals surface area contributed by atoms with Gasteiger partial charge >= 0.3 is 29.8 Å². The molecule has 0 aliphatic rings. The number of rotatable bonds is 8. The van der Waals surface area contributed by atoms with Gasteiger partial charge in [0.1, 0.15) is 6.04 Å². The van der Waals surface area contributed by atoms with Gasteiger partial charge in [0.2, 0.25) is 0 Å². The van der Waals surface area contributed by atoms with Gasteiger partial charge in [0.05, 0.1) is 25.0 Å². The van der Waals surface area contributed by atoms with E-state index >= 15 is 0 Å². The van der Waals surface area contributed by atoms with Gasteiger partial charge in [-0.25, -0.2) is 33.1 Å². The standard InChI is InChI=1S/C25H20N2O14/c1-36-24(34)38-15-9-3-6-12-17(15)40-22(32)26(19(12)28)11-5-8-14(21(30)31)27-20(29)13-7-4-10-16(39-25(35)37-2)18(13)41-23(27)33/h3-4,6-7,9-10,14H,5,8,11H2,1-2H3,(H,30,31)/t14-/m1/s1. The van der Waals surface area contributed by atoms with Crippen LogP contribution in [0.2, 0.25) is 0 Å². The predicted octanol–water partition coefficient (Wildman–Crippen LogP) is 1.62. The van der Waals surface area contributed by atoms with E-state index in [9.17, 15) is 38.7 Å². The van der Waals surface area contributed by atoms with Crippen molar-refractivity contribution in [3.8, 4) is 11.5 Å². The van der Waals surface area contributed by atoms with E-state index in [-0.39, 0.29) is 47.2 Å². The van der Waals surface area contributed by atoms with Crippen LogP contribution in [0.5, 0.6) is 11.5 Å². The van der Waals surface area contributed by atoms with Gasteiger partial charge in [-0.05, 0) is 37.1 Å². The Balaban J connectivity index is 1.65. The van der Waals surface area contributed by atoms with Crippen molar-refractivity contribution in [2.75, 3.05) is 14.2 Å². The normalized spacial score (nSPS) is 11.7. The Morgan fingerprint density at radius 3 is 1.83 bits per heavy atom. The van der Waals surface area contributed by atoms with Crippen LogP contribution in [0.1, 0.15) is 18.9 Å². The first-order valence-electron chi connectivity index (χ1n) is 11.7. The lowest BCUT2D eigenvalue weighted by Crippen LogP contribution is -2.39. The smallest absolute Gasteiger partial charge is 0.480 e. The molecule has 0 saturated carbocycles. The predicted molar refractivity (Wildman–Crippen MR) is 135 cm³/mol. The summed E-state index contributed by atoms with van der Waals surface area (Å²) in [5.74, 6) is -4.58. The molecule has 0 amide bonds. The highest BCUT2D eigenvalue weighted by Gasteiger charge is 2.27. The molecule has 2 aromatic heterocycles. The molecule has 4 aromatic rings. The first-order chi connectivity index (χ1) is 19.6. The van der Waals surface area contributed by atoms with Crippen LogP contribution in [0.4, 0.5) is 9.59 Å². The van der Waals surface area contributed by atoms with Gasteiger partial charge in [-0.15, -0.1) is 0 Å². The summed E-state index contributed by atoms with van der Waals surface area (Å²) in [5.41, 5.74) is -2.56. The van der Waals surface area contributed by atoms with Crippen LogP contribution >= 0.6 is 0 Å². The van der Waals surface area contributed by atoms with E-state index in [1.165, 1.54) is 36.4 Å². The summed E-state index contributed by atoms with van der Waals surface area (Å²) in [7, 11) is 2.11. The summed E-state index contributed by atoms with van der Waals surface area (Å²) in [6.45, 7) is -0.353. The van der Waals surface area contributed by atoms with Crippen molar-refractivity contribution < 1.29 is 47.3 Å². The molecule has 1 N–H and O–H groups in total. The molecule has 0 fully saturated rings. The highest BCUT2D eigenvalue weighted by atomic mass is 16.7. The van der Waals surface area contributed by atoms with Crippen LogP contribution in [0, 0.1) is 0 Å². The summed E-state index contributed by atoms with van der Waals surface area (Å²) < 4.78 is 29.9. The van der Waals surface area contributed by atoms with Crippen LogP contribution in [0.15, 0.2) is 64.4 Å². The van der Waals surface area contributed by atoms with Gasteiger partial charge in [0.25, 0.3) is 11.1 Å². The number of nitrogens with zero attached hydrogens (tertiary/aromatic N) is 2. The topological polar surface area (TPSA) is 213 Å². The molecule has 0 saturated heterocycles. The summed E-state index contributed by atoms with van der Waals surface area (Å²) >= 11 is 0. The number of hydrogen-bond acceptors (Lipinski definition) is 13. The molecule has 4 rings (SSSR count). The molecule has 1 atom stereocenters. The van der Waals surface area contributed by atoms with Gasteiger partial charge in [-0.1, -0.05) is 12.1 Å². The number of aromatic nitrogens is 2. The number of ether oxygens (including phenoxy) is 4. The number of methoxy groups -OCH3 is 2. The number of hydrogen-bond donors (Lipinski definition) is 1. The first kappa shape index (κ1) is 28.3. The minimum atomic E-state index is -1.75. The van der Waals surface area contributed by atoms with E-state index in [0.29, 0.717) is 9.13 Å². The quantitative estimate of drug-likeness (QED) is 0.235. The molecule has 0 bridgehead atoms. The fourth-order valence-corrected chi connectivity index (χ4v) is 3.99. The van der Waals surface area contributed by atoms with Gasteiger partial charge in [0, 0.05) is 6.54 Å². The number of carbonyl (C=O) groups is 3. The van der Waals surface area contributed by atoms with Crippen molar-refractivity contribution >= 4 is 40.2 Å². The van der Waals surface area contributed by atoms with Crippen molar-refractivity contribution in [3.05, 3.63) is 78.2 Å². The van der Waals surface area contributed by atoms with Crippen LogP contribution in [-0.2, 0) is 20.8 Å². The average molecular weight is 572 g/mol. The van der Waals surface area contributed by atoms with Gasteiger partial charge in [-0.2, -0.15) is 0 Å². The third kappa shape index (κ3) is 5.56. The summed E-state index contributed by atoms with van der Waals surface area (Å²) in [4.78, 5) is 86.4. The molecule has 0 radical (unpaired) electrons. The lowest BCUT2D eigenvalue weighted by molar-refractivity contribution is -0.141. The minimum absolute atomic E-state index is 0.114. The third-order valence-corrected chi connectivity index (χ3v) is 5.85. The number of carboxylic acid groups (broad SMARTS) is 1. The van der Waals surface area contributed by atoms with Crippen molar-refractivity contribution in [2.24, 2.45) is 0 Å². The van der Waals surface area contributed by atoms with Crippen molar-refractivity contribution in [1.29, 1.82) is 0 Å². The number of benzene rings is 2. The first-order valence-corrected chi connectivity index (χ1v) is 11.7. The van der Waals surface area contributed by atoms with E-state index in [1.807, 2.05) is 0 Å². The number of para-hydroxylation sites is 2. The van der Waals surface area contributed by atoms with Crippen molar-refractivity contribution in [2.45, 2.75) is 25.4 Å². The molecule has 0 aliphatic heterocycles. The Bertz CT molecular complexity index is 1910. The molecule has 16 heteroatoms. The molecule has 2 heterocycles. The second-order valence-electron chi connectivity index (χ2n) is 8.24. The molecule has 16 nitrogen and oxygen atoms in total. The van der Waals surface area contributed by atoms with E-state index in [1.54, 1.807) is 0 Å². The van der Waals surface area contributed by atoms with Crippen LogP contribution in [-0.4, -0.2) is 46.7 Å². The zero-order valence-corrected chi connectivity index (χ0v) is 21.3. The Labute approximate surface area is 226 Å². The maximum atomic E-state index is 13.1. The fourth-order valence-electron chi connectivity index (χ4n) is 3.99. The zero-order valence-electron chi connectivity index (χ0n) is 21.3. The van der Waals surface area contributed by atoms with E-state index in [4.69, 9.17) is 18.3 Å². The molecule has 41 heavy (non-hydrogen) atoms. The van der Waals surface area contributed by atoms with Crippen LogP contribution in [0.3, 0.4) is 0 Å². The lowest BCUT2D eigenvalue weighted by Gasteiger charge is -2.15. The number of fused-ring (bicyclic) bond motifs is 2. The second-order valence-corrected chi connectivity index (χ2v) is 8.24. The number of carbonyl (C=O) groups excluding carboxylic acids is 2.